The fourth-order valence-electron chi connectivity index (χ4n) is 3.18. The van der Waals surface area contributed by atoms with Crippen LogP contribution >= 0.6 is 0 Å². The van der Waals surface area contributed by atoms with Crippen LogP contribution < -0.4 is 10.1 Å². The summed E-state index contributed by atoms with van der Waals surface area (Å²) in [5.74, 6) is 0.922. The molecule has 0 spiro atoms. The van der Waals surface area contributed by atoms with Gasteiger partial charge in [0, 0.05) is 44.8 Å². The molecule has 5 heteroatoms. The molecule has 0 atom stereocenters. The smallest absolute Gasteiger partial charge is 0.317 e. The van der Waals surface area contributed by atoms with Crippen molar-refractivity contribution in [2.45, 2.75) is 20.0 Å². The second-order valence-corrected chi connectivity index (χ2v) is 6.72. The number of para-hydroxylation sites is 1. The van der Waals surface area contributed by atoms with Gasteiger partial charge in [-0.1, -0.05) is 48.0 Å². The second-order valence-electron chi connectivity index (χ2n) is 6.72. The highest BCUT2D eigenvalue weighted by Gasteiger charge is 2.21. The van der Waals surface area contributed by atoms with Crippen LogP contribution in [-0.4, -0.2) is 49.1 Å². The number of benzene rings is 2. The molecule has 2 amide bonds. The van der Waals surface area contributed by atoms with Gasteiger partial charge in [-0.05, 0) is 18.6 Å². The second kappa shape index (κ2) is 8.72. The number of carbonyl (C=O) groups is 1. The molecule has 2 aromatic rings. The number of piperazine rings is 1. The van der Waals surface area contributed by atoms with Gasteiger partial charge in [-0.15, -0.1) is 0 Å². The largest absolute Gasteiger partial charge is 0.496 e. The number of carbonyl (C=O) groups excluding carboxylic acids is 1. The van der Waals surface area contributed by atoms with E-state index in [2.05, 4.69) is 47.5 Å². The van der Waals surface area contributed by atoms with E-state index in [1.165, 1.54) is 11.1 Å². The van der Waals surface area contributed by atoms with E-state index in [1.54, 1.807) is 7.11 Å². The van der Waals surface area contributed by atoms with Crippen LogP contribution in [0.5, 0.6) is 5.75 Å². The number of rotatable bonds is 5. The number of ether oxygens (including phenoxy) is 1. The summed E-state index contributed by atoms with van der Waals surface area (Å²) in [5, 5.41) is 3.02. The first-order valence-electron chi connectivity index (χ1n) is 9.08. The average Bonchev–Trinajstić information content (AvgIpc) is 2.68. The molecule has 138 valence electrons. The van der Waals surface area contributed by atoms with Crippen LogP contribution in [0.1, 0.15) is 16.7 Å². The molecule has 1 fully saturated rings. The van der Waals surface area contributed by atoms with Gasteiger partial charge in [-0.25, -0.2) is 4.79 Å². The van der Waals surface area contributed by atoms with Gasteiger partial charge in [0.25, 0.3) is 0 Å². The van der Waals surface area contributed by atoms with Crippen LogP contribution in [0.15, 0.2) is 48.5 Å². The number of hydrogen-bond donors (Lipinski definition) is 1. The first kappa shape index (κ1) is 18.3. The minimum absolute atomic E-state index is 0.0162. The van der Waals surface area contributed by atoms with E-state index in [9.17, 15) is 4.79 Å². The SMILES string of the molecule is COc1ccccc1CN1CCN(C(=O)NCc2ccc(C)cc2)CC1. The fraction of sp³-hybridized carbons (Fsp3) is 0.381. The minimum Gasteiger partial charge on any atom is -0.496 e. The van der Waals surface area contributed by atoms with Crippen molar-refractivity contribution < 1.29 is 9.53 Å². The molecule has 1 N–H and O–H groups in total. The number of aryl methyl sites for hydroxylation is 1. The molecule has 3 rings (SSSR count). The lowest BCUT2D eigenvalue weighted by Gasteiger charge is -2.34. The lowest BCUT2D eigenvalue weighted by Crippen LogP contribution is -2.51. The zero-order valence-electron chi connectivity index (χ0n) is 15.6. The van der Waals surface area contributed by atoms with Crippen LogP contribution in [0.3, 0.4) is 0 Å². The van der Waals surface area contributed by atoms with Gasteiger partial charge in [0.1, 0.15) is 5.75 Å². The Bertz CT molecular complexity index is 722. The van der Waals surface area contributed by atoms with E-state index in [1.807, 2.05) is 23.1 Å². The third-order valence-corrected chi connectivity index (χ3v) is 4.81. The molecule has 2 aromatic carbocycles. The van der Waals surface area contributed by atoms with Crippen molar-refractivity contribution in [3.8, 4) is 5.75 Å². The molecule has 1 aliphatic rings. The van der Waals surface area contributed by atoms with Crippen molar-refractivity contribution in [2.75, 3.05) is 33.3 Å². The highest BCUT2D eigenvalue weighted by Crippen LogP contribution is 2.20. The first-order chi connectivity index (χ1) is 12.7. The van der Waals surface area contributed by atoms with Crippen molar-refractivity contribution in [1.82, 2.24) is 15.1 Å². The molecule has 26 heavy (non-hydrogen) atoms. The number of hydrogen-bond acceptors (Lipinski definition) is 3. The zero-order chi connectivity index (χ0) is 18.4. The molecule has 0 radical (unpaired) electrons. The highest BCUT2D eigenvalue weighted by molar-refractivity contribution is 5.74. The van der Waals surface area contributed by atoms with Crippen molar-refractivity contribution >= 4 is 6.03 Å². The average molecular weight is 353 g/mol. The first-order valence-corrected chi connectivity index (χ1v) is 9.08. The third kappa shape index (κ3) is 4.76. The zero-order valence-corrected chi connectivity index (χ0v) is 15.6. The van der Waals surface area contributed by atoms with Gasteiger partial charge in [-0.3, -0.25) is 4.90 Å². The van der Waals surface area contributed by atoms with E-state index >= 15 is 0 Å². The van der Waals surface area contributed by atoms with E-state index < -0.39 is 0 Å². The maximum Gasteiger partial charge on any atom is 0.317 e. The van der Waals surface area contributed by atoms with E-state index in [4.69, 9.17) is 4.74 Å². The number of nitrogens with one attached hydrogen (secondary N) is 1. The van der Waals surface area contributed by atoms with Crippen molar-refractivity contribution in [3.63, 3.8) is 0 Å². The topological polar surface area (TPSA) is 44.8 Å². The number of nitrogens with zero attached hydrogens (tertiary/aromatic N) is 2. The maximum atomic E-state index is 12.4. The molecule has 0 aliphatic carbocycles. The van der Waals surface area contributed by atoms with Crippen LogP contribution in [0.4, 0.5) is 4.79 Å². The molecule has 5 nitrogen and oxygen atoms in total. The Kier molecular flexibility index (Phi) is 6.12. The molecule has 0 bridgehead atoms. The normalized spacial score (nSPS) is 14.9. The summed E-state index contributed by atoms with van der Waals surface area (Å²) >= 11 is 0. The molecular formula is C21H27N3O2. The molecule has 0 aromatic heterocycles. The predicted molar refractivity (Wildman–Crippen MR) is 103 cm³/mol. The Labute approximate surface area is 155 Å². The fourth-order valence-corrected chi connectivity index (χ4v) is 3.18. The van der Waals surface area contributed by atoms with Gasteiger partial charge in [0.2, 0.25) is 0 Å². The Morgan fingerprint density at radius 2 is 1.73 bits per heavy atom. The monoisotopic (exact) mass is 353 g/mol. The lowest BCUT2D eigenvalue weighted by molar-refractivity contribution is 0.134. The Balaban J connectivity index is 1.45. The van der Waals surface area contributed by atoms with Gasteiger partial charge in [-0.2, -0.15) is 0 Å². The van der Waals surface area contributed by atoms with Crippen LogP contribution in [0.2, 0.25) is 0 Å². The van der Waals surface area contributed by atoms with Crippen molar-refractivity contribution in [3.05, 3.63) is 65.2 Å². The van der Waals surface area contributed by atoms with Gasteiger partial charge < -0.3 is 15.0 Å². The van der Waals surface area contributed by atoms with Crippen molar-refractivity contribution in [2.24, 2.45) is 0 Å². The van der Waals surface area contributed by atoms with E-state index in [0.717, 1.165) is 44.0 Å². The number of methoxy groups -OCH3 is 1. The summed E-state index contributed by atoms with van der Waals surface area (Å²) in [7, 11) is 1.70. The molecule has 1 aliphatic heterocycles. The lowest BCUT2D eigenvalue weighted by atomic mass is 10.1. The van der Waals surface area contributed by atoms with Crippen molar-refractivity contribution in [1.29, 1.82) is 0 Å². The standard InChI is InChI=1S/C21H27N3O2/c1-17-7-9-18(10-8-17)15-22-21(25)24-13-11-23(12-14-24)16-19-5-3-4-6-20(19)26-2/h3-10H,11-16H2,1-2H3,(H,22,25). The molecular weight excluding hydrogens is 326 g/mol. The van der Waals surface area contributed by atoms with Gasteiger partial charge in [0.05, 0.1) is 7.11 Å². The molecule has 0 saturated carbocycles. The van der Waals surface area contributed by atoms with Crippen LogP contribution in [0, 0.1) is 6.92 Å². The quantitative estimate of drug-likeness (QED) is 0.899. The van der Waals surface area contributed by atoms with Crippen LogP contribution in [-0.2, 0) is 13.1 Å². The predicted octanol–water partition coefficient (Wildman–Crippen LogP) is 3.03. The summed E-state index contributed by atoms with van der Waals surface area (Å²) < 4.78 is 5.43. The summed E-state index contributed by atoms with van der Waals surface area (Å²) in [4.78, 5) is 16.6. The number of urea groups is 1. The summed E-state index contributed by atoms with van der Waals surface area (Å²) in [6.45, 7) is 6.71. The summed E-state index contributed by atoms with van der Waals surface area (Å²) in [6.07, 6.45) is 0. The van der Waals surface area contributed by atoms with Gasteiger partial charge in [0.15, 0.2) is 0 Å². The summed E-state index contributed by atoms with van der Waals surface area (Å²) in [5.41, 5.74) is 3.54. The maximum absolute atomic E-state index is 12.4. The molecule has 0 unspecified atom stereocenters. The van der Waals surface area contributed by atoms with E-state index in [0.29, 0.717) is 6.54 Å². The third-order valence-electron chi connectivity index (χ3n) is 4.81. The highest BCUT2D eigenvalue weighted by atomic mass is 16.5. The molecule has 1 saturated heterocycles. The number of amides is 2. The Hall–Kier alpha value is -2.53. The molecule has 1 heterocycles. The van der Waals surface area contributed by atoms with Gasteiger partial charge >= 0.3 is 6.03 Å². The van der Waals surface area contributed by atoms with Crippen LogP contribution in [0.25, 0.3) is 0 Å². The summed E-state index contributed by atoms with van der Waals surface area (Å²) in [6, 6.07) is 16.4. The Morgan fingerprint density at radius 3 is 2.42 bits per heavy atom. The Morgan fingerprint density at radius 1 is 1.04 bits per heavy atom. The minimum atomic E-state index is 0.0162. The van der Waals surface area contributed by atoms with E-state index in [-0.39, 0.29) is 6.03 Å².